The van der Waals surface area contributed by atoms with Crippen molar-refractivity contribution < 1.29 is 0 Å². The zero-order chi connectivity index (χ0) is 13.1. The van der Waals surface area contributed by atoms with Gasteiger partial charge >= 0.3 is 0 Å². The lowest BCUT2D eigenvalue weighted by Crippen LogP contribution is -2.16. The van der Waals surface area contributed by atoms with Crippen LogP contribution >= 0.6 is 0 Å². The average molecular weight is 256 g/mol. The minimum absolute atomic E-state index is 0.0812. The fourth-order valence-electron chi connectivity index (χ4n) is 2.70. The van der Waals surface area contributed by atoms with Crippen LogP contribution in [0.1, 0.15) is 42.5 Å². The van der Waals surface area contributed by atoms with Crippen LogP contribution in [0, 0.1) is 0 Å². The maximum Gasteiger partial charge on any atom is 0.133 e. The summed E-state index contributed by atoms with van der Waals surface area (Å²) >= 11 is 0. The minimum atomic E-state index is 0.0812. The number of nitrogens with zero attached hydrogens (tertiary/aromatic N) is 3. The van der Waals surface area contributed by atoms with Gasteiger partial charge in [-0.1, -0.05) is 30.3 Å². The van der Waals surface area contributed by atoms with Crippen LogP contribution in [0.15, 0.2) is 30.3 Å². The molecule has 1 atom stereocenters. The Morgan fingerprint density at radius 3 is 2.84 bits per heavy atom. The molecule has 3 rings (SSSR count). The van der Waals surface area contributed by atoms with Gasteiger partial charge in [0.2, 0.25) is 0 Å². The Balaban J connectivity index is 1.65. The maximum atomic E-state index is 6.23. The van der Waals surface area contributed by atoms with Crippen molar-refractivity contribution in [1.29, 1.82) is 0 Å². The summed E-state index contributed by atoms with van der Waals surface area (Å²) in [5.74, 6) is 2.25. The van der Waals surface area contributed by atoms with Gasteiger partial charge in [-0.25, -0.2) is 0 Å². The van der Waals surface area contributed by atoms with Crippen molar-refractivity contribution in [2.45, 2.75) is 44.7 Å². The quantitative estimate of drug-likeness (QED) is 0.912. The van der Waals surface area contributed by atoms with Crippen molar-refractivity contribution in [3.8, 4) is 0 Å². The summed E-state index contributed by atoms with van der Waals surface area (Å²) < 4.78 is 2.28. The van der Waals surface area contributed by atoms with E-state index in [9.17, 15) is 0 Å². The molecule has 1 aromatic carbocycles. The van der Waals surface area contributed by atoms with Crippen molar-refractivity contribution in [2.75, 3.05) is 0 Å². The van der Waals surface area contributed by atoms with Gasteiger partial charge < -0.3 is 10.3 Å². The standard InChI is InChI=1S/C15H20N4/c16-13(12-6-2-1-3-7-12)9-10-15-18-17-14-8-4-5-11-19(14)15/h1-3,6-7,13H,4-5,8-11,16H2. The van der Waals surface area contributed by atoms with Crippen molar-refractivity contribution in [1.82, 2.24) is 14.8 Å². The fourth-order valence-corrected chi connectivity index (χ4v) is 2.70. The molecule has 0 saturated carbocycles. The molecule has 19 heavy (non-hydrogen) atoms. The molecule has 4 heteroatoms. The molecule has 2 N–H and O–H groups in total. The third-order valence-corrected chi connectivity index (χ3v) is 3.84. The molecule has 1 aliphatic heterocycles. The second-order valence-electron chi connectivity index (χ2n) is 5.20. The fraction of sp³-hybridized carbons (Fsp3) is 0.467. The molecular formula is C15H20N4. The highest BCUT2D eigenvalue weighted by atomic mass is 15.3. The van der Waals surface area contributed by atoms with E-state index in [4.69, 9.17) is 5.73 Å². The molecule has 0 spiro atoms. The first-order valence-corrected chi connectivity index (χ1v) is 7.06. The molecule has 0 amide bonds. The maximum absolute atomic E-state index is 6.23. The first-order chi connectivity index (χ1) is 9.34. The largest absolute Gasteiger partial charge is 0.324 e. The summed E-state index contributed by atoms with van der Waals surface area (Å²) in [6.07, 6.45) is 5.37. The number of fused-ring (bicyclic) bond motifs is 1. The van der Waals surface area contributed by atoms with E-state index >= 15 is 0 Å². The average Bonchev–Trinajstić information content (AvgIpc) is 2.89. The zero-order valence-electron chi connectivity index (χ0n) is 11.1. The highest BCUT2D eigenvalue weighted by Crippen LogP contribution is 2.19. The zero-order valence-corrected chi connectivity index (χ0v) is 11.1. The molecule has 4 nitrogen and oxygen atoms in total. The van der Waals surface area contributed by atoms with E-state index in [2.05, 4.69) is 26.9 Å². The van der Waals surface area contributed by atoms with E-state index in [0.29, 0.717) is 0 Å². The Kier molecular flexibility index (Phi) is 3.60. The summed E-state index contributed by atoms with van der Waals surface area (Å²) in [4.78, 5) is 0. The number of aromatic nitrogens is 3. The third kappa shape index (κ3) is 2.68. The number of hydrogen-bond donors (Lipinski definition) is 1. The second-order valence-corrected chi connectivity index (χ2v) is 5.20. The number of hydrogen-bond acceptors (Lipinski definition) is 3. The molecule has 2 heterocycles. The predicted molar refractivity (Wildman–Crippen MR) is 74.7 cm³/mol. The number of rotatable bonds is 4. The first-order valence-electron chi connectivity index (χ1n) is 7.06. The first kappa shape index (κ1) is 12.4. The van der Waals surface area contributed by atoms with Gasteiger partial charge in [0.1, 0.15) is 11.6 Å². The number of aryl methyl sites for hydroxylation is 2. The van der Waals surface area contributed by atoms with Crippen molar-refractivity contribution in [2.24, 2.45) is 5.73 Å². The van der Waals surface area contributed by atoms with Crippen LogP contribution in [0.25, 0.3) is 0 Å². The van der Waals surface area contributed by atoms with Gasteiger partial charge in [-0.05, 0) is 24.8 Å². The Labute approximate surface area is 113 Å². The lowest BCUT2D eigenvalue weighted by Gasteiger charge is -2.16. The Bertz CT molecular complexity index is 532. The lowest BCUT2D eigenvalue weighted by molar-refractivity contribution is 0.499. The molecule has 0 saturated heterocycles. The van der Waals surface area contributed by atoms with E-state index in [0.717, 1.165) is 37.5 Å². The normalized spacial score (nSPS) is 16.1. The molecule has 0 aliphatic carbocycles. The number of benzene rings is 1. The van der Waals surface area contributed by atoms with Gasteiger partial charge in [0.25, 0.3) is 0 Å². The van der Waals surface area contributed by atoms with E-state index in [1.807, 2.05) is 18.2 Å². The molecule has 1 aliphatic rings. The Morgan fingerprint density at radius 1 is 1.16 bits per heavy atom. The van der Waals surface area contributed by atoms with Crippen LogP contribution in [0.5, 0.6) is 0 Å². The highest BCUT2D eigenvalue weighted by molar-refractivity contribution is 5.18. The molecule has 100 valence electrons. The molecule has 0 radical (unpaired) electrons. The van der Waals surface area contributed by atoms with Gasteiger partial charge in [0.15, 0.2) is 0 Å². The molecule has 0 bridgehead atoms. The van der Waals surface area contributed by atoms with Crippen LogP contribution in [-0.2, 0) is 19.4 Å². The van der Waals surface area contributed by atoms with E-state index in [1.54, 1.807) is 0 Å². The summed E-state index contributed by atoms with van der Waals surface area (Å²) in [6, 6.07) is 10.3. The van der Waals surface area contributed by atoms with Gasteiger partial charge in [0, 0.05) is 25.4 Å². The molecular weight excluding hydrogens is 236 g/mol. The van der Waals surface area contributed by atoms with Gasteiger partial charge in [-0.15, -0.1) is 10.2 Å². The second kappa shape index (κ2) is 5.53. The molecule has 2 aromatic rings. The summed E-state index contributed by atoms with van der Waals surface area (Å²) in [5.41, 5.74) is 7.43. The van der Waals surface area contributed by atoms with Crippen molar-refractivity contribution in [3.05, 3.63) is 47.5 Å². The summed E-state index contributed by atoms with van der Waals surface area (Å²) in [5, 5.41) is 8.60. The van der Waals surface area contributed by atoms with Crippen LogP contribution in [0.4, 0.5) is 0 Å². The minimum Gasteiger partial charge on any atom is -0.324 e. The van der Waals surface area contributed by atoms with Crippen LogP contribution in [0.3, 0.4) is 0 Å². The van der Waals surface area contributed by atoms with Gasteiger partial charge in [0.05, 0.1) is 0 Å². The number of nitrogens with two attached hydrogens (primary N) is 1. The van der Waals surface area contributed by atoms with E-state index in [1.165, 1.54) is 18.4 Å². The van der Waals surface area contributed by atoms with Crippen LogP contribution in [0.2, 0.25) is 0 Å². The van der Waals surface area contributed by atoms with Crippen molar-refractivity contribution in [3.63, 3.8) is 0 Å². The smallest absolute Gasteiger partial charge is 0.133 e. The van der Waals surface area contributed by atoms with E-state index < -0.39 is 0 Å². The predicted octanol–water partition coefficient (Wildman–Crippen LogP) is 2.25. The van der Waals surface area contributed by atoms with E-state index in [-0.39, 0.29) is 6.04 Å². The topological polar surface area (TPSA) is 56.7 Å². The Hall–Kier alpha value is -1.68. The van der Waals surface area contributed by atoms with Gasteiger partial charge in [-0.3, -0.25) is 0 Å². The molecule has 1 unspecified atom stereocenters. The Morgan fingerprint density at radius 2 is 2.00 bits per heavy atom. The molecule has 1 aromatic heterocycles. The lowest BCUT2D eigenvalue weighted by atomic mass is 10.0. The van der Waals surface area contributed by atoms with Crippen LogP contribution in [-0.4, -0.2) is 14.8 Å². The summed E-state index contributed by atoms with van der Waals surface area (Å²) in [6.45, 7) is 1.07. The monoisotopic (exact) mass is 256 g/mol. The van der Waals surface area contributed by atoms with Gasteiger partial charge in [-0.2, -0.15) is 0 Å². The third-order valence-electron chi connectivity index (χ3n) is 3.84. The SMILES string of the molecule is NC(CCc1nnc2n1CCCC2)c1ccccc1. The van der Waals surface area contributed by atoms with Crippen LogP contribution < -0.4 is 5.73 Å². The van der Waals surface area contributed by atoms with Crippen molar-refractivity contribution >= 4 is 0 Å². The molecule has 0 fully saturated rings. The summed E-state index contributed by atoms with van der Waals surface area (Å²) in [7, 11) is 0. The highest BCUT2D eigenvalue weighted by Gasteiger charge is 2.16.